The van der Waals surface area contributed by atoms with Crippen LogP contribution in [-0.2, 0) is 21.0 Å². The van der Waals surface area contributed by atoms with Crippen LogP contribution in [0.15, 0.2) is 72.8 Å². The van der Waals surface area contributed by atoms with Gasteiger partial charge in [-0.2, -0.15) is 0 Å². The number of amides is 3. The van der Waals surface area contributed by atoms with E-state index in [9.17, 15) is 14.4 Å². The largest absolute Gasteiger partial charge is 0.444 e. The van der Waals surface area contributed by atoms with Crippen molar-refractivity contribution in [3.63, 3.8) is 0 Å². The van der Waals surface area contributed by atoms with Crippen molar-refractivity contribution >= 4 is 41.1 Å². The molecule has 2 heterocycles. The van der Waals surface area contributed by atoms with E-state index in [1.165, 1.54) is 0 Å². The van der Waals surface area contributed by atoms with Crippen LogP contribution in [0.2, 0.25) is 10.0 Å². The van der Waals surface area contributed by atoms with Crippen molar-refractivity contribution in [1.29, 1.82) is 0 Å². The second-order valence-corrected chi connectivity index (χ2v) is 12.3. The first-order valence-corrected chi connectivity index (χ1v) is 14.6. The van der Waals surface area contributed by atoms with E-state index in [1.54, 1.807) is 52.3 Å². The third-order valence-corrected chi connectivity index (χ3v) is 7.97. The molecule has 0 saturated carbocycles. The summed E-state index contributed by atoms with van der Waals surface area (Å²) < 4.78 is 5.59. The first kappa shape index (κ1) is 29.9. The molecule has 3 aromatic carbocycles. The molecule has 42 heavy (non-hydrogen) atoms. The van der Waals surface area contributed by atoms with Crippen LogP contribution < -0.4 is 5.48 Å². The van der Waals surface area contributed by atoms with Gasteiger partial charge in [0.15, 0.2) is 0 Å². The number of carbonyl (C=O) groups excluding carboxylic acids is 3. The van der Waals surface area contributed by atoms with E-state index in [-0.39, 0.29) is 19.1 Å². The van der Waals surface area contributed by atoms with Gasteiger partial charge in [-0.25, -0.2) is 10.3 Å². The van der Waals surface area contributed by atoms with Crippen molar-refractivity contribution in [2.75, 3.05) is 13.1 Å². The number of likely N-dealkylation sites (tertiary alicyclic amines) is 1. The van der Waals surface area contributed by atoms with Crippen LogP contribution in [0.1, 0.15) is 66.2 Å². The number of rotatable bonds is 6. The smallest absolute Gasteiger partial charge is 0.410 e. The Bertz CT molecular complexity index is 1480. The van der Waals surface area contributed by atoms with Gasteiger partial charge in [-0.1, -0.05) is 77.8 Å². The van der Waals surface area contributed by atoms with Crippen LogP contribution in [0.5, 0.6) is 0 Å². The zero-order valence-electron chi connectivity index (χ0n) is 23.7. The van der Waals surface area contributed by atoms with Gasteiger partial charge in [0.2, 0.25) is 0 Å². The standard InChI is InChI=1S/C32H33Cl2N3O5/c1-32(2,3)42-31(40)36-16-15-22(18-36)37-28(25-14-13-21(33)17-26(25)34)27(23-11-7-8-12-24(23)30(37)39)29(38)35-41-19-20-9-5-4-6-10-20/h4-14,17,22,27-28H,15-16,18-19H2,1-3H3,(H,35,38)/t22-,27?,28?/m0/s1. The Morgan fingerprint density at radius 2 is 1.69 bits per heavy atom. The minimum absolute atomic E-state index is 0.170. The molecule has 3 amide bonds. The number of nitrogens with one attached hydrogen (secondary N) is 1. The van der Waals surface area contributed by atoms with Crippen LogP contribution in [0, 0.1) is 0 Å². The Morgan fingerprint density at radius 3 is 2.40 bits per heavy atom. The maximum absolute atomic E-state index is 14.2. The highest BCUT2D eigenvalue weighted by Gasteiger charge is 2.49. The lowest BCUT2D eigenvalue weighted by Gasteiger charge is -2.44. The Kier molecular flexibility index (Phi) is 8.78. The molecule has 0 aliphatic carbocycles. The van der Waals surface area contributed by atoms with Crippen molar-refractivity contribution in [2.24, 2.45) is 0 Å². The summed E-state index contributed by atoms with van der Waals surface area (Å²) in [4.78, 5) is 50.0. The lowest BCUT2D eigenvalue weighted by atomic mass is 9.78. The quantitative estimate of drug-likeness (QED) is 0.321. The fourth-order valence-electron chi connectivity index (χ4n) is 5.60. The molecular weight excluding hydrogens is 577 g/mol. The summed E-state index contributed by atoms with van der Waals surface area (Å²) in [5.41, 5.74) is 4.41. The average Bonchev–Trinajstić information content (AvgIpc) is 3.43. The Balaban J connectivity index is 1.52. The van der Waals surface area contributed by atoms with Crippen molar-refractivity contribution in [2.45, 2.75) is 57.4 Å². The SMILES string of the molecule is CC(C)(C)OC(=O)N1CC[C@H](N2C(=O)c3ccccc3C(C(=O)NOCc3ccccc3)C2c2ccc(Cl)cc2Cl)C1. The number of fused-ring (bicyclic) bond motifs is 1. The Morgan fingerprint density at radius 1 is 0.976 bits per heavy atom. The minimum Gasteiger partial charge on any atom is -0.444 e. The predicted molar refractivity (Wildman–Crippen MR) is 160 cm³/mol. The van der Waals surface area contributed by atoms with Gasteiger partial charge in [-0.05, 0) is 62.1 Å². The second kappa shape index (κ2) is 12.3. The summed E-state index contributed by atoms with van der Waals surface area (Å²) in [6.07, 6.45) is 0.0628. The van der Waals surface area contributed by atoms with Gasteiger partial charge in [0, 0.05) is 28.7 Å². The summed E-state index contributed by atoms with van der Waals surface area (Å²) in [7, 11) is 0. The molecule has 10 heteroatoms. The minimum atomic E-state index is -0.857. The fourth-order valence-corrected chi connectivity index (χ4v) is 6.12. The van der Waals surface area contributed by atoms with E-state index in [2.05, 4.69) is 5.48 Å². The van der Waals surface area contributed by atoms with Gasteiger partial charge in [0.1, 0.15) is 5.60 Å². The number of hydroxylamine groups is 1. The van der Waals surface area contributed by atoms with Crippen molar-refractivity contribution < 1.29 is 24.0 Å². The highest BCUT2D eigenvalue weighted by atomic mass is 35.5. The molecule has 5 rings (SSSR count). The van der Waals surface area contributed by atoms with E-state index in [0.717, 1.165) is 5.56 Å². The summed E-state index contributed by atoms with van der Waals surface area (Å²) in [5, 5.41) is 0.761. The number of halogens is 2. The molecular formula is C32H33Cl2N3O5. The average molecular weight is 611 g/mol. The van der Waals surface area contributed by atoms with Gasteiger partial charge >= 0.3 is 6.09 Å². The van der Waals surface area contributed by atoms with E-state index < -0.39 is 35.6 Å². The monoisotopic (exact) mass is 609 g/mol. The van der Waals surface area contributed by atoms with Gasteiger partial charge in [0.05, 0.1) is 24.6 Å². The summed E-state index contributed by atoms with van der Waals surface area (Å²) in [5.74, 6) is -1.52. The lowest BCUT2D eigenvalue weighted by Crippen LogP contribution is -2.52. The number of carbonyl (C=O) groups is 3. The Hall–Kier alpha value is -3.59. The van der Waals surface area contributed by atoms with Crippen molar-refractivity contribution in [3.8, 4) is 0 Å². The molecule has 0 aromatic heterocycles. The summed E-state index contributed by atoms with van der Waals surface area (Å²) in [6, 6.07) is 20.4. The number of benzene rings is 3. The van der Waals surface area contributed by atoms with Gasteiger partial charge in [0.25, 0.3) is 11.8 Å². The number of hydrogen-bond acceptors (Lipinski definition) is 5. The lowest BCUT2D eigenvalue weighted by molar-refractivity contribution is -0.138. The molecule has 3 atom stereocenters. The first-order valence-electron chi connectivity index (χ1n) is 13.8. The molecule has 0 bridgehead atoms. The summed E-state index contributed by atoms with van der Waals surface area (Å²) in [6.45, 7) is 6.26. The second-order valence-electron chi connectivity index (χ2n) is 11.5. The molecule has 1 fully saturated rings. The highest BCUT2D eigenvalue weighted by molar-refractivity contribution is 6.35. The summed E-state index contributed by atoms with van der Waals surface area (Å²) >= 11 is 13.0. The maximum Gasteiger partial charge on any atom is 0.410 e. The molecule has 2 unspecified atom stereocenters. The van der Waals surface area contributed by atoms with Gasteiger partial charge in [-0.15, -0.1) is 0 Å². The van der Waals surface area contributed by atoms with Crippen LogP contribution in [-0.4, -0.2) is 52.4 Å². The number of ether oxygens (including phenoxy) is 1. The molecule has 220 valence electrons. The Labute approximate surface area is 255 Å². The normalized spacial score (nSPS) is 20.3. The topological polar surface area (TPSA) is 88.2 Å². The number of hydrogen-bond donors (Lipinski definition) is 1. The predicted octanol–water partition coefficient (Wildman–Crippen LogP) is 6.53. The first-order chi connectivity index (χ1) is 20.0. The molecule has 2 aliphatic heterocycles. The van der Waals surface area contributed by atoms with Crippen LogP contribution in [0.4, 0.5) is 4.79 Å². The zero-order valence-corrected chi connectivity index (χ0v) is 25.2. The highest BCUT2D eigenvalue weighted by Crippen LogP contribution is 2.47. The molecule has 1 N–H and O–H groups in total. The molecule has 0 spiro atoms. The molecule has 8 nitrogen and oxygen atoms in total. The van der Waals surface area contributed by atoms with E-state index in [0.29, 0.717) is 39.7 Å². The van der Waals surface area contributed by atoms with Crippen LogP contribution in [0.3, 0.4) is 0 Å². The van der Waals surface area contributed by atoms with E-state index in [1.807, 2.05) is 51.1 Å². The van der Waals surface area contributed by atoms with E-state index in [4.69, 9.17) is 32.8 Å². The molecule has 1 saturated heterocycles. The van der Waals surface area contributed by atoms with Crippen LogP contribution >= 0.6 is 23.2 Å². The third kappa shape index (κ3) is 6.41. The maximum atomic E-state index is 14.2. The third-order valence-electron chi connectivity index (χ3n) is 7.40. The van der Waals surface area contributed by atoms with Gasteiger partial charge < -0.3 is 14.5 Å². The van der Waals surface area contributed by atoms with E-state index >= 15 is 0 Å². The number of nitrogens with zero attached hydrogens (tertiary/aromatic N) is 2. The van der Waals surface area contributed by atoms with Crippen molar-refractivity contribution in [3.05, 3.63) is 105 Å². The molecule has 0 radical (unpaired) electrons. The zero-order chi connectivity index (χ0) is 30.0. The van der Waals surface area contributed by atoms with Gasteiger partial charge in [-0.3, -0.25) is 14.4 Å². The van der Waals surface area contributed by atoms with Crippen molar-refractivity contribution in [1.82, 2.24) is 15.3 Å². The fraction of sp³-hybridized carbons (Fsp3) is 0.344. The van der Waals surface area contributed by atoms with Crippen LogP contribution in [0.25, 0.3) is 0 Å². The molecule has 2 aliphatic rings. The molecule has 3 aromatic rings.